The standard InChI is InChI=1S/C11H6N6O2/c12-5-9-10(6-13)15-16(11(9)14)7-1-3-8(4-2-7)17(18)19/h1-4H,14H2. The summed E-state index contributed by atoms with van der Waals surface area (Å²) < 4.78 is 1.20. The summed E-state index contributed by atoms with van der Waals surface area (Å²) >= 11 is 0. The van der Waals surface area contributed by atoms with Gasteiger partial charge < -0.3 is 5.73 Å². The van der Waals surface area contributed by atoms with Crippen molar-refractivity contribution in [2.24, 2.45) is 0 Å². The first-order valence-corrected chi connectivity index (χ1v) is 5.02. The first-order chi connectivity index (χ1) is 9.08. The quantitative estimate of drug-likeness (QED) is 0.629. The van der Waals surface area contributed by atoms with Gasteiger partial charge in [0.15, 0.2) is 5.69 Å². The lowest BCUT2D eigenvalue weighted by atomic mass is 10.2. The third-order valence-electron chi connectivity index (χ3n) is 2.44. The Labute approximate surface area is 107 Å². The Hall–Kier alpha value is -3.39. The number of nitro groups is 1. The van der Waals surface area contributed by atoms with Crippen molar-refractivity contribution in [3.8, 4) is 17.8 Å². The molecule has 0 aliphatic heterocycles. The Kier molecular flexibility index (Phi) is 2.84. The highest BCUT2D eigenvalue weighted by molar-refractivity contribution is 5.59. The lowest BCUT2D eigenvalue weighted by molar-refractivity contribution is -0.384. The van der Waals surface area contributed by atoms with Crippen LogP contribution >= 0.6 is 0 Å². The van der Waals surface area contributed by atoms with Crippen LogP contribution in [0.2, 0.25) is 0 Å². The molecule has 0 amide bonds. The summed E-state index contributed by atoms with van der Waals surface area (Å²) in [5.74, 6) is 0.0212. The van der Waals surface area contributed by atoms with Gasteiger partial charge in [-0.25, -0.2) is 4.68 Å². The SMILES string of the molecule is N#Cc1nn(-c2ccc([N+](=O)[O-])cc2)c(N)c1C#N. The summed E-state index contributed by atoms with van der Waals surface area (Å²) in [7, 11) is 0. The van der Waals surface area contributed by atoms with E-state index in [1.807, 2.05) is 0 Å². The Balaban J connectivity index is 2.55. The molecule has 2 rings (SSSR count). The fourth-order valence-electron chi connectivity index (χ4n) is 1.53. The molecule has 2 N–H and O–H groups in total. The molecule has 0 spiro atoms. The number of nitrogen functional groups attached to an aromatic ring is 1. The summed E-state index contributed by atoms with van der Waals surface area (Å²) in [4.78, 5) is 10.0. The number of hydrogen-bond acceptors (Lipinski definition) is 6. The van der Waals surface area contributed by atoms with Crippen molar-refractivity contribution in [3.63, 3.8) is 0 Å². The predicted octanol–water partition coefficient (Wildman–Crippen LogP) is 1.11. The molecule has 19 heavy (non-hydrogen) atoms. The number of anilines is 1. The van der Waals surface area contributed by atoms with Crippen molar-refractivity contribution in [2.75, 3.05) is 5.73 Å². The Morgan fingerprint density at radius 3 is 2.32 bits per heavy atom. The number of nitrogens with zero attached hydrogens (tertiary/aromatic N) is 5. The molecule has 0 aliphatic carbocycles. The van der Waals surface area contributed by atoms with Gasteiger partial charge in [-0.1, -0.05) is 0 Å². The third kappa shape index (κ3) is 1.94. The van der Waals surface area contributed by atoms with Crippen LogP contribution < -0.4 is 5.73 Å². The number of nitriles is 2. The van der Waals surface area contributed by atoms with Gasteiger partial charge in [-0.2, -0.15) is 15.6 Å². The second kappa shape index (κ2) is 4.47. The van der Waals surface area contributed by atoms with Gasteiger partial charge in [0.05, 0.1) is 10.6 Å². The van der Waals surface area contributed by atoms with E-state index in [-0.39, 0.29) is 22.8 Å². The summed E-state index contributed by atoms with van der Waals surface area (Å²) in [5.41, 5.74) is 5.97. The van der Waals surface area contributed by atoms with E-state index < -0.39 is 4.92 Å². The Morgan fingerprint density at radius 1 is 1.26 bits per heavy atom. The van der Waals surface area contributed by atoms with E-state index in [1.165, 1.54) is 28.9 Å². The van der Waals surface area contributed by atoms with Gasteiger partial charge in [-0.15, -0.1) is 0 Å². The minimum atomic E-state index is -0.530. The van der Waals surface area contributed by atoms with Gasteiger partial charge in [-0.05, 0) is 12.1 Å². The van der Waals surface area contributed by atoms with E-state index in [2.05, 4.69) is 5.10 Å². The number of rotatable bonds is 2. The van der Waals surface area contributed by atoms with E-state index in [1.54, 1.807) is 12.1 Å². The van der Waals surface area contributed by atoms with Crippen molar-refractivity contribution < 1.29 is 4.92 Å². The smallest absolute Gasteiger partial charge is 0.269 e. The Morgan fingerprint density at radius 2 is 1.89 bits per heavy atom. The minimum Gasteiger partial charge on any atom is -0.382 e. The zero-order chi connectivity index (χ0) is 14.0. The summed E-state index contributed by atoms with van der Waals surface area (Å²) in [6.45, 7) is 0. The van der Waals surface area contributed by atoms with Crippen molar-refractivity contribution >= 4 is 11.5 Å². The number of nitro benzene ring substituents is 1. The van der Waals surface area contributed by atoms with Crippen LogP contribution in [0.25, 0.3) is 5.69 Å². The number of aromatic nitrogens is 2. The topological polar surface area (TPSA) is 135 Å². The normalized spacial score (nSPS) is 9.58. The molecule has 0 bridgehead atoms. The van der Waals surface area contributed by atoms with Crippen LogP contribution in [0.4, 0.5) is 11.5 Å². The maximum absolute atomic E-state index is 10.5. The summed E-state index contributed by atoms with van der Waals surface area (Å²) in [6.07, 6.45) is 0. The van der Waals surface area contributed by atoms with Crippen molar-refractivity contribution in [1.29, 1.82) is 10.5 Å². The molecule has 0 aliphatic rings. The van der Waals surface area contributed by atoms with Crippen LogP contribution in [0, 0.1) is 32.8 Å². The molecule has 0 fully saturated rings. The maximum Gasteiger partial charge on any atom is 0.269 e. The highest BCUT2D eigenvalue weighted by atomic mass is 16.6. The Bertz CT molecular complexity index is 732. The van der Waals surface area contributed by atoms with Crippen LogP contribution in [-0.2, 0) is 0 Å². The third-order valence-corrected chi connectivity index (χ3v) is 2.44. The molecular weight excluding hydrogens is 248 g/mol. The molecule has 0 saturated carbocycles. The highest BCUT2D eigenvalue weighted by Crippen LogP contribution is 2.21. The van der Waals surface area contributed by atoms with E-state index in [0.717, 1.165) is 0 Å². The molecule has 0 saturated heterocycles. The van der Waals surface area contributed by atoms with Gasteiger partial charge in [0.1, 0.15) is 23.5 Å². The second-order valence-corrected chi connectivity index (χ2v) is 3.52. The van der Waals surface area contributed by atoms with Crippen molar-refractivity contribution in [2.45, 2.75) is 0 Å². The van der Waals surface area contributed by atoms with Gasteiger partial charge in [-0.3, -0.25) is 10.1 Å². The van der Waals surface area contributed by atoms with E-state index >= 15 is 0 Å². The second-order valence-electron chi connectivity index (χ2n) is 3.52. The number of non-ortho nitro benzene ring substituents is 1. The van der Waals surface area contributed by atoms with E-state index in [9.17, 15) is 10.1 Å². The fourth-order valence-corrected chi connectivity index (χ4v) is 1.53. The van der Waals surface area contributed by atoms with Gasteiger partial charge >= 0.3 is 0 Å². The monoisotopic (exact) mass is 254 g/mol. The molecular formula is C11H6N6O2. The predicted molar refractivity (Wildman–Crippen MR) is 64.1 cm³/mol. The largest absolute Gasteiger partial charge is 0.382 e. The number of benzene rings is 1. The van der Waals surface area contributed by atoms with Gasteiger partial charge in [0, 0.05) is 12.1 Å². The van der Waals surface area contributed by atoms with Crippen LogP contribution in [0.5, 0.6) is 0 Å². The molecule has 8 heteroatoms. The minimum absolute atomic E-state index is 0.0131. The first-order valence-electron chi connectivity index (χ1n) is 5.02. The van der Waals surface area contributed by atoms with E-state index in [4.69, 9.17) is 16.3 Å². The molecule has 1 aromatic carbocycles. The van der Waals surface area contributed by atoms with Crippen LogP contribution in [0.3, 0.4) is 0 Å². The van der Waals surface area contributed by atoms with Crippen LogP contribution in [0.1, 0.15) is 11.3 Å². The van der Waals surface area contributed by atoms with Crippen LogP contribution in [0.15, 0.2) is 24.3 Å². The summed E-state index contributed by atoms with van der Waals surface area (Å²) in [5, 5.41) is 32.1. The molecule has 1 aromatic heterocycles. The first kappa shape index (κ1) is 12.1. The molecule has 0 unspecified atom stereocenters. The van der Waals surface area contributed by atoms with Gasteiger partial charge in [0.25, 0.3) is 5.69 Å². The zero-order valence-corrected chi connectivity index (χ0v) is 9.44. The van der Waals surface area contributed by atoms with Gasteiger partial charge in [0.2, 0.25) is 0 Å². The molecule has 2 aromatic rings. The zero-order valence-electron chi connectivity index (χ0n) is 9.44. The maximum atomic E-state index is 10.5. The molecule has 1 heterocycles. The molecule has 0 atom stereocenters. The summed E-state index contributed by atoms with van der Waals surface area (Å²) in [6, 6.07) is 9.00. The van der Waals surface area contributed by atoms with Crippen molar-refractivity contribution in [3.05, 3.63) is 45.6 Å². The lowest BCUT2D eigenvalue weighted by Crippen LogP contribution is -2.02. The van der Waals surface area contributed by atoms with Crippen molar-refractivity contribution in [1.82, 2.24) is 9.78 Å². The molecule has 0 radical (unpaired) electrons. The molecule has 92 valence electrons. The van der Waals surface area contributed by atoms with E-state index in [0.29, 0.717) is 5.69 Å². The number of nitrogens with two attached hydrogens (primary N) is 1. The van der Waals surface area contributed by atoms with Crippen LogP contribution in [-0.4, -0.2) is 14.7 Å². The fraction of sp³-hybridized carbons (Fsp3) is 0. The highest BCUT2D eigenvalue weighted by Gasteiger charge is 2.16. The number of hydrogen-bond donors (Lipinski definition) is 1. The average molecular weight is 254 g/mol. The lowest BCUT2D eigenvalue weighted by Gasteiger charge is -2.02. The molecule has 8 nitrogen and oxygen atoms in total. The average Bonchev–Trinajstić information content (AvgIpc) is 2.75.